The van der Waals surface area contributed by atoms with E-state index in [9.17, 15) is 0 Å². The first-order valence-electron chi connectivity index (χ1n) is 16.9. The Morgan fingerprint density at radius 1 is 0.420 bits per heavy atom. The Hall–Kier alpha value is -6.59. The van der Waals surface area contributed by atoms with Gasteiger partial charge in [-0.2, -0.15) is 0 Å². The summed E-state index contributed by atoms with van der Waals surface area (Å²) in [7, 11) is 0. The van der Waals surface area contributed by atoms with Gasteiger partial charge >= 0.3 is 0 Å². The molecule has 0 saturated carbocycles. The highest BCUT2D eigenvalue weighted by Gasteiger charge is 2.18. The average molecular weight is 644 g/mol. The molecule has 0 atom stereocenters. The normalized spacial score (nSPS) is 13.1. The Labute approximate surface area is 287 Å². The molecule has 1 aliphatic carbocycles. The molecule has 0 N–H and O–H groups in total. The summed E-state index contributed by atoms with van der Waals surface area (Å²) < 4.78 is 12.6. The van der Waals surface area contributed by atoms with E-state index in [1.54, 1.807) is 0 Å². The minimum absolute atomic E-state index is 0.619. The van der Waals surface area contributed by atoms with Gasteiger partial charge < -0.3 is 8.83 Å². The Morgan fingerprint density at radius 2 is 1.04 bits per heavy atom. The minimum Gasteiger partial charge on any atom is -0.456 e. The predicted octanol–water partition coefficient (Wildman–Crippen LogP) is 12.1. The molecule has 50 heavy (non-hydrogen) atoms. The molecule has 0 saturated heterocycles. The SMILES string of the molecule is C1=CC(c2cccc(-c3nc(-c4ccccc4)nc(-c4cccc(-c5cccc6oc7cc8oc9ccccc9c8cc7c56)c4)n3)c2)=CCC1. The summed E-state index contributed by atoms with van der Waals surface area (Å²) in [4.78, 5) is 15.1. The first kappa shape index (κ1) is 28.4. The molecule has 1 aliphatic rings. The van der Waals surface area contributed by atoms with Crippen LogP contribution in [0.5, 0.6) is 0 Å². The van der Waals surface area contributed by atoms with Crippen LogP contribution in [0.4, 0.5) is 0 Å². The summed E-state index contributed by atoms with van der Waals surface area (Å²) in [6.07, 6.45) is 8.86. The van der Waals surface area contributed by atoms with Crippen molar-refractivity contribution in [2.24, 2.45) is 0 Å². The van der Waals surface area contributed by atoms with Crippen LogP contribution in [0.1, 0.15) is 18.4 Å². The fourth-order valence-electron chi connectivity index (χ4n) is 7.13. The third kappa shape index (κ3) is 4.82. The highest BCUT2D eigenvalue weighted by atomic mass is 16.3. The van der Waals surface area contributed by atoms with Gasteiger partial charge in [0.2, 0.25) is 0 Å². The predicted molar refractivity (Wildman–Crippen MR) is 202 cm³/mol. The van der Waals surface area contributed by atoms with E-state index in [-0.39, 0.29) is 0 Å². The first-order chi connectivity index (χ1) is 24.7. The zero-order chi connectivity index (χ0) is 33.0. The van der Waals surface area contributed by atoms with Crippen LogP contribution in [-0.2, 0) is 0 Å². The number of benzene rings is 6. The standard InChI is InChI=1S/C45H29N3O2/c1-3-12-28(13-4-1)30-16-9-18-32(24-30)44-46-43(29-14-5-2-6-15-29)47-45(48-44)33-19-10-17-31(25-33)34-21-11-23-39-42(34)37-26-36-35-20-7-8-22-38(35)49-40(36)27-41(37)50-39/h2-3,5-27H,1,4H2. The molecular weight excluding hydrogens is 615 g/mol. The summed E-state index contributed by atoms with van der Waals surface area (Å²) in [6, 6.07) is 45.6. The molecule has 5 heteroatoms. The zero-order valence-corrected chi connectivity index (χ0v) is 27.0. The molecule has 0 bridgehead atoms. The molecule has 0 fully saturated rings. The highest BCUT2D eigenvalue weighted by Crippen LogP contribution is 2.41. The van der Waals surface area contributed by atoms with E-state index in [0.29, 0.717) is 17.5 Å². The fourth-order valence-corrected chi connectivity index (χ4v) is 7.13. The van der Waals surface area contributed by atoms with E-state index < -0.39 is 0 Å². The van der Waals surface area contributed by atoms with Crippen molar-refractivity contribution < 1.29 is 8.83 Å². The number of hydrogen-bond donors (Lipinski definition) is 0. The van der Waals surface area contributed by atoms with Gasteiger partial charge in [0.1, 0.15) is 22.3 Å². The smallest absolute Gasteiger partial charge is 0.164 e. The van der Waals surface area contributed by atoms with E-state index >= 15 is 0 Å². The summed E-state index contributed by atoms with van der Waals surface area (Å²) in [5.41, 5.74) is 10.6. The Bertz CT molecular complexity index is 2820. The van der Waals surface area contributed by atoms with E-state index in [1.165, 1.54) is 5.57 Å². The van der Waals surface area contributed by atoms with Gasteiger partial charge in [0.25, 0.3) is 0 Å². The molecule has 3 heterocycles. The van der Waals surface area contributed by atoms with E-state index in [1.807, 2.05) is 66.7 Å². The zero-order valence-electron chi connectivity index (χ0n) is 27.0. The third-order valence-corrected chi connectivity index (χ3v) is 9.54. The molecule has 10 rings (SSSR count). The molecule has 3 aromatic heterocycles. The highest BCUT2D eigenvalue weighted by molar-refractivity contribution is 6.18. The van der Waals surface area contributed by atoms with Crippen LogP contribution < -0.4 is 0 Å². The summed E-state index contributed by atoms with van der Waals surface area (Å²) in [5, 5.41) is 4.29. The monoisotopic (exact) mass is 643 g/mol. The number of para-hydroxylation sites is 1. The van der Waals surface area contributed by atoms with Gasteiger partial charge in [0, 0.05) is 44.3 Å². The lowest BCUT2D eigenvalue weighted by Gasteiger charge is -2.12. The van der Waals surface area contributed by atoms with Crippen LogP contribution >= 0.6 is 0 Å². The maximum atomic E-state index is 6.42. The molecule has 236 valence electrons. The van der Waals surface area contributed by atoms with Crippen molar-refractivity contribution in [2.75, 3.05) is 0 Å². The number of aromatic nitrogens is 3. The number of allylic oxidation sites excluding steroid dienone is 4. The molecule has 5 nitrogen and oxygen atoms in total. The molecule has 0 radical (unpaired) electrons. The second-order valence-corrected chi connectivity index (χ2v) is 12.7. The number of nitrogens with zero attached hydrogens (tertiary/aromatic N) is 3. The topological polar surface area (TPSA) is 65.0 Å². The summed E-state index contributed by atoms with van der Waals surface area (Å²) in [6.45, 7) is 0. The lowest BCUT2D eigenvalue weighted by molar-refractivity contribution is 0.656. The number of rotatable bonds is 5. The molecule has 0 spiro atoms. The van der Waals surface area contributed by atoms with Gasteiger partial charge in [-0.05, 0) is 65.4 Å². The van der Waals surface area contributed by atoms with Gasteiger partial charge in [-0.1, -0.05) is 115 Å². The van der Waals surface area contributed by atoms with Gasteiger partial charge in [-0.15, -0.1) is 0 Å². The molecule has 6 aromatic carbocycles. The lowest BCUT2D eigenvalue weighted by Crippen LogP contribution is -2.00. The summed E-state index contributed by atoms with van der Waals surface area (Å²) in [5.74, 6) is 1.90. The van der Waals surface area contributed by atoms with Gasteiger partial charge in [0.05, 0.1) is 0 Å². The van der Waals surface area contributed by atoms with Crippen LogP contribution in [0, 0.1) is 0 Å². The van der Waals surface area contributed by atoms with Crippen LogP contribution in [0.15, 0.2) is 161 Å². The van der Waals surface area contributed by atoms with Crippen molar-refractivity contribution >= 4 is 49.5 Å². The van der Waals surface area contributed by atoms with Crippen LogP contribution in [0.3, 0.4) is 0 Å². The van der Waals surface area contributed by atoms with Crippen molar-refractivity contribution in [3.05, 3.63) is 157 Å². The van der Waals surface area contributed by atoms with E-state index in [2.05, 4.69) is 85.0 Å². The average Bonchev–Trinajstić information content (AvgIpc) is 3.75. The quantitative estimate of drug-likeness (QED) is 0.187. The maximum absolute atomic E-state index is 6.42. The number of furan rings is 2. The van der Waals surface area contributed by atoms with E-state index in [4.69, 9.17) is 23.8 Å². The molecule has 0 amide bonds. The molecule has 0 aliphatic heterocycles. The van der Waals surface area contributed by atoms with Crippen molar-refractivity contribution in [3.8, 4) is 45.3 Å². The van der Waals surface area contributed by atoms with Crippen molar-refractivity contribution in [3.63, 3.8) is 0 Å². The number of fused-ring (bicyclic) bond motifs is 6. The first-order valence-corrected chi connectivity index (χ1v) is 16.9. The Kier molecular flexibility index (Phi) is 6.56. The third-order valence-electron chi connectivity index (χ3n) is 9.54. The Balaban J connectivity index is 1.13. The van der Waals surface area contributed by atoms with Crippen molar-refractivity contribution in [1.82, 2.24) is 15.0 Å². The van der Waals surface area contributed by atoms with Gasteiger partial charge in [-0.25, -0.2) is 15.0 Å². The summed E-state index contributed by atoms with van der Waals surface area (Å²) >= 11 is 0. The maximum Gasteiger partial charge on any atom is 0.164 e. The Morgan fingerprint density at radius 3 is 1.84 bits per heavy atom. The van der Waals surface area contributed by atoms with Gasteiger partial charge in [0.15, 0.2) is 17.5 Å². The molecule has 9 aromatic rings. The van der Waals surface area contributed by atoms with Crippen LogP contribution in [0.2, 0.25) is 0 Å². The fraction of sp³-hybridized carbons (Fsp3) is 0.0444. The van der Waals surface area contributed by atoms with Crippen LogP contribution in [-0.4, -0.2) is 15.0 Å². The second kappa shape index (κ2) is 11.5. The molecule has 0 unspecified atom stereocenters. The lowest BCUT2D eigenvalue weighted by atomic mass is 9.97. The second-order valence-electron chi connectivity index (χ2n) is 12.7. The van der Waals surface area contributed by atoms with Gasteiger partial charge in [-0.3, -0.25) is 0 Å². The minimum atomic E-state index is 0.619. The largest absolute Gasteiger partial charge is 0.456 e. The van der Waals surface area contributed by atoms with Crippen molar-refractivity contribution in [1.29, 1.82) is 0 Å². The molecular formula is C45H29N3O2. The van der Waals surface area contributed by atoms with Crippen LogP contribution in [0.25, 0.3) is 94.7 Å². The number of hydrogen-bond acceptors (Lipinski definition) is 5. The van der Waals surface area contributed by atoms with Crippen molar-refractivity contribution in [2.45, 2.75) is 12.8 Å². The van der Waals surface area contributed by atoms with E-state index in [0.717, 1.165) is 90.1 Å².